The number of anilines is 3. The number of nitrogens with zero attached hydrogens (tertiary/aromatic N) is 5. The molecule has 3 atom stereocenters. The van der Waals surface area contributed by atoms with Crippen molar-refractivity contribution in [3.05, 3.63) is 59.7 Å². The second-order valence-electron chi connectivity index (χ2n) is 14.0. The van der Waals surface area contributed by atoms with Crippen LogP contribution in [0.2, 0.25) is 0 Å². The van der Waals surface area contributed by atoms with Crippen molar-refractivity contribution < 1.29 is 14.3 Å². The first kappa shape index (κ1) is 28.4. The molecule has 3 fully saturated rings. The maximum Gasteiger partial charge on any atom is 0.254 e. The molecule has 2 aliphatic carbocycles. The number of fused-ring (bicyclic) bond motifs is 5. The molecule has 10 heteroatoms. The van der Waals surface area contributed by atoms with Gasteiger partial charge in [-0.1, -0.05) is 6.92 Å². The highest BCUT2D eigenvalue weighted by Crippen LogP contribution is 2.44. The largest absolute Gasteiger partial charge is 0.494 e. The Morgan fingerprint density at radius 1 is 1.04 bits per heavy atom. The van der Waals surface area contributed by atoms with Crippen LogP contribution in [0.25, 0.3) is 33.6 Å². The molecule has 240 valence electrons. The number of piperidine rings is 1. The minimum Gasteiger partial charge on any atom is -0.494 e. The van der Waals surface area contributed by atoms with Crippen LogP contribution in [0.5, 0.6) is 5.75 Å². The first-order valence-corrected chi connectivity index (χ1v) is 16.9. The van der Waals surface area contributed by atoms with Crippen molar-refractivity contribution in [1.82, 2.24) is 24.0 Å². The van der Waals surface area contributed by atoms with E-state index in [2.05, 4.69) is 49.8 Å². The predicted octanol–water partition coefficient (Wildman–Crippen LogP) is 6.51. The number of methoxy groups -OCH3 is 1. The summed E-state index contributed by atoms with van der Waals surface area (Å²) in [5.41, 5.74) is 7.12. The van der Waals surface area contributed by atoms with Gasteiger partial charge in [0.25, 0.3) is 5.91 Å². The van der Waals surface area contributed by atoms with Crippen LogP contribution in [0.1, 0.15) is 54.9 Å². The van der Waals surface area contributed by atoms with E-state index < -0.39 is 0 Å². The smallest absolute Gasteiger partial charge is 0.254 e. The molecule has 4 aliphatic rings. The summed E-state index contributed by atoms with van der Waals surface area (Å²) >= 11 is 0. The lowest BCUT2D eigenvalue weighted by Crippen LogP contribution is -2.38. The fourth-order valence-electron chi connectivity index (χ4n) is 8.26. The van der Waals surface area contributed by atoms with E-state index in [0.29, 0.717) is 41.5 Å². The third-order valence-electron chi connectivity index (χ3n) is 11.1. The van der Waals surface area contributed by atoms with Gasteiger partial charge < -0.3 is 29.4 Å². The van der Waals surface area contributed by atoms with Gasteiger partial charge in [0.1, 0.15) is 22.7 Å². The molecule has 2 unspecified atom stereocenters. The number of carbonyl (C=O) groups is 2. The molecule has 47 heavy (non-hydrogen) atoms. The van der Waals surface area contributed by atoms with Crippen LogP contribution in [0.3, 0.4) is 0 Å². The van der Waals surface area contributed by atoms with Crippen LogP contribution in [-0.2, 0) is 24.8 Å². The Bertz CT molecular complexity index is 2110. The minimum absolute atomic E-state index is 0.0638. The van der Waals surface area contributed by atoms with E-state index in [1.165, 1.54) is 19.3 Å². The average molecular weight is 630 g/mol. The highest BCUT2D eigenvalue weighted by atomic mass is 16.5. The van der Waals surface area contributed by atoms with Crippen molar-refractivity contribution in [3.8, 4) is 17.3 Å². The van der Waals surface area contributed by atoms with Gasteiger partial charge in [-0.2, -0.15) is 0 Å². The number of carbonyl (C=O) groups excluding carboxylic acids is 2. The number of aryl methyl sites for hydroxylation is 2. The van der Waals surface area contributed by atoms with Gasteiger partial charge in [0.05, 0.1) is 18.3 Å². The molecule has 5 aromatic rings. The Hall–Kier alpha value is -4.86. The number of pyridine rings is 1. The van der Waals surface area contributed by atoms with Crippen LogP contribution in [-0.4, -0.2) is 55.5 Å². The zero-order valence-corrected chi connectivity index (χ0v) is 27.0. The number of benzene rings is 2. The van der Waals surface area contributed by atoms with E-state index in [9.17, 15) is 9.59 Å². The number of hydrogen-bond acceptors (Lipinski definition) is 6. The van der Waals surface area contributed by atoms with E-state index in [1.54, 1.807) is 7.11 Å². The summed E-state index contributed by atoms with van der Waals surface area (Å²) in [7, 11) is 3.69. The molecule has 3 aromatic heterocycles. The van der Waals surface area contributed by atoms with Gasteiger partial charge in [-0.3, -0.25) is 9.59 Å². The lowest BCUT2D eigenvalue weighted by atomic mass is 10.0. The second kappa shape index (κ2) is 10.6. The summed E-state index contributed by atoms with van der Waals surface area (Å²) in [6.45, 7) is 4.00. The zero-order chi connectivity index (χ0) is 32.0. The van der Waals surface area contributed by atoms with Gasteiger partial charge in [-0.25, -0.2) is 9.97 Å². The zero-order valence-electron chi connectivity index (χ0n) is 27.0. The SMILES string of the molecule is COc1cc(C(=O)N2CC3CCC2[C@@H]3C)cc2nc(-c3cc4ccc(Nc5ccc6c(c5)CCC(=O)N6)nc4n3CC3CC3)n(C)c12. The first-order chi connectivity index (χ1) is 22.8. The van der Waals surface area contributed by atoms with Crippen molar-refractivity contribution in [3.63, 3.8) is 0 Å². The Balaban J connectivity index is 1.09. The molecule has 2 aliphatic heterocycles. The number of rotatable bonds is 7. The van der Waals surface area contributed by atoms with Crippen molar-refractivity contribution in [2.45, 2.75) is 58.0 Å². The lowest BCUT2D eigenvalue weighted by Gasteiger charge is -2.27. The number of ether oxygens (including phenoxy) is 1. The molecule has 2 saturated carbocycles. The van der Waals surface area contributed by atoms with Crippen LogP contribution >= 0.6 is 0 Å². The third-order valence-corrected chi connectivity index (χ3v) is 11.1. The number of hydrogen-bond donors (Lipinski definition) is 2. The Labute approximate surface area is 273 Å². The topological polar surface area (TPSA) is 106 Å². The molecule has 0 radical (unpaired) electrons. The highest BCUT2D eigenvalue weighted by Gasteiger charge is 2.46. The van der Waals surface area contributed by atoms with Gasteiger partial charge in [0, 0.05) is 54.9 Å². The standard InChI is InChI=1S/C37H39N7O3/c1-20-24-6-11-29(20)44(19-24)37(46)25-15-28-34(31(17-25)47-3)42(2)36(40-28)30-16-23-7-12-32(41-35(23)43(30)18-21-4-5-21)38-26-9-10-27-22(14-26)8-13-33(45)39-27/h7,9-10,12,14-17,20-21,24,29H,4-6,8,11,13,18-19H2,1-3H3,(H,38,41)(H,39,45)/t20-,24?,29?/m1/s1. The van der Waals surface area contributed by atoms with Gasteiger partial charge in [-0.15, -0.1) is 0 Å². The van der Waals surface area contributed by atoms with E-state index in [-0.39, 0.29) is 11.8 Å². The molecule has 9 rings (SSSR count). The highest BCUT2D eigenvalue weighted by molar-refractivity contribution is 6.00. The molecule has 2 N–H and O–H groups in total. The Morgan fingerprint density at radius 2 is 1.91 bits per heavy atom. The van der Waals surface area contributed by atoms with Gasteiger partial charge in [0.15, 0.2) is 5.82 Å². The summed E-state index contributed by atoms with van der Waals surface area (Å²) < 4.78 is 10.3. The molecule has 2 bridgehead atoms. The van der Waals surface area contributed by atoms with Crippen molar-refractivity contribution in [2.75, 3.05) is 24.3 Å². The normalized spacial score (nSPS) is 21.8. The maximum atomic E-state index is 13.8. The second-order valence-corrected chi connectivity index (χ2v) is 14.0. The van der Waals surface area contributed by atoms with Crippen molar-refractivity contribution in [2.24, 2.45) is 24.8 Å². The fraction of sp³-hybridized carbons (Fsp3) is 0.405. The van der Waals surface area contributed by atoms with E-state index in [4.69, 9.17) is 14.7 Å². The molecular formula is C37H39N7O3. The summed E-state index contributed by atoms with van der Waals surface area (Å²) in [5.74, 6) is 4.16. The monoisotopic (exact) mass is 629 g/mol. The maximum absolute atomic E-state index is 13.8. The first-order valence-electron chi connectivity index (χ1n) is 16.9. The summed E-state index contributed by atoms with van der Waals surface area (Å²) in [5, 5.41) is 7.50. The van der Waals surface area contributed by atoms with Gasteiger partial charge in [0.2, 0.25) is 5.91 Å². The number of imidazole rings is 1. The van der Waals surface area contributed by atoms with Crippen LogP contribution in [0.15, 0.2) is 48.5 Å². The van der Waals surface area contributed by atoms with E-state index in [0.717, 1.165) is 82.3 Å². The molecular weight excluding hydrogens is 590 g/mol. The fourth-order valence-corrected chi connectivity index (χ4v) is 8.26. The average Bonchev–Trinajstić information content (AvgIpc) is 3.48. The van der Waals surface area contributed by atoms with Crippen LogP contribution < -0.4 is 15.4 Å². The Morgan fingerprint density at radius 3 is 2.68 bits per heavy atom. The van der Waals surface area contributed by atoms with Crippen molar-refractivity contribution >= 4 is 51.1 Å². The summed E-state index contributed by atoms with van der Waals surface area (Å²) in [6.07, 6.45) is 5.96. The molecule has 0 spiro atoms. The van der Waals surface area contributed by atoms with Gasteiger partial charge >= 0.3 is 0 Å². The molecule has 2 amide bonds. The van der Waals surface area contributed by atoms with Crippen LogP contribution in [0, 0.1) is 17.8 Å². The van der Waals surface area contributed by atoms with Crippen LogP contribution in [0.4, 0.5) is 17.2 Å². The molecule has 2 aromatic carbocycles. The van der Waals surface area contributed by atoms with Gasteiger partial charge in [-0.05, 0) is 104 Å². The van der Waals surface area contributed by atoms with E-state index >= 15 is 0 Å². The third kappa shape index (κ3) is 4.67. The number of nitrogens with one attached hydrogen (secondary N) is 2. The summed E-state index contributed by atoms with van der Waals surface area (Å²) in [4.78, 5) is 38.0. The molecule has 5 heterocycles. The Kier molecular flexibility index (Phi) is 6.39. The molecule has 10 nitrogen and oxygen atoms in total. The van der Waals surface area contributed by atoms with Crippen molar-refractivity contribution in [1.29, 1.82) is 0 Å². The minimum atomic E-state index is 0.0638. The number of amides is 2. The predicted molar refractivity (Wildman–Crippen MR) is 182 cm³/mol. The summed E-state index contributed by atoms with van der Waals surface area (Å²) in [6, 6.07) is 16.5. The lowest BCUT2D eigenvalue weighted by molar-refractivity contribution is -0.116. The number of likely N-dealkylation sites (tertiary alicyclic amines) is 1. The quantitative estimate of drug-likeness (QED) is 0.213. The number of aromatic nitrogens is 4. The molecule has 1 saturated heterocycles. The van der Waals surface area contributed by atoms with E-state index in [1.807, 2.05) is 37.4 Å².